The molecule has 0 aliphatic heterocycles. The van der Waals surface area contributed by atoms with E-state index in [-0.39, 0.29) is 5.75 Å². The molecule has 0 radical (unpaired) electrons. The Labute approximate surface area is 156 Å². The van der Waals surface area contributed by atoms with Crippen LogP contribution in [0.3, 0.4) is 0 Å². The molecule has 0 fully saturated rings. The largest absolute Gasteiger partial charge is 0.504 e. The van der Waals surface area contributed by atoms with E-state index in [4.69, 9.17) is 9.47 Å². The molecule has 142 valence electrons. The van der Waals surface area contributed by atoms with E-state index in [0.29, 0.717) is 36.0 Å². The van der Waals surface area contributed by atoms with Crippen molar-refractivity contribution < 1.29 is 24.2 Å². The first-order valence-corrected chi connectivity index (χ1v) is 8.37. The van der Waals surface area contributed by atoms with E-state index in [0.717, 1.165) is 0 Å². The number of anilines is 1. The summed E-state index contributed by atoms with van der Waals surface area (Å²) >= 11 is 0. The van der Waals surface area contributed by atoms with Crippen molar-refractivity contribution in [3.8, 4) is 17.2 Å². The van der Waals surface area contributed by atoms with Gasteiger partial charge in [-0.2, -0.15) is 5.10 Å². The molecule has 2 rings (SSSR count). The van der Waals surface area contributed by atoms with Gasteiger partial charge in [0.05, 0.1) is 25.1 Å². The van der Waals surface area contributed by atoms with Crippen LogP contribution < -0.4 is 20.2 Å². The molecule has 0 aromatic heterocycles. The quantitative estimate of drug-likeness (QED) is 0.393. The van der Waals surface area contributed by atoms with Gasteiger partial charge in [-0.1, -0.05) is 12.1 Å². The maximum Gasteiger partial charge on any atom is 0.329 e. The molecule has 27 heavy (non-hydrogen) atoms. The Hall–Kier alpha value is -3.55. The third-order valence-electron chi connectivity index (χ3n) is 3.30. The summed E-state index contributed by atoms with van der Waals surface area (Å²) < 4.78 is 10.7. The van der Waals surface area contributed by atoms with Crippen molar-refractivity contribution in [1.29, 1.82) is 0 Å². The van der Waals surface area contributed by atoms with E-state index in [1.807, 2.05) is 6.92 Å². The van der Waals surface area contributed by atoms with Crippen molar-refractivity contribution in [1.82, 2.24) is 5.43 Å². The predicted molar refractivity (Wildman–Crippen MR) is 101 cm³/mol. The minimum atomic E-state index is -0.929. The molecule has 8 nitrogen and oxygen atoms in total. The zero-order valence-electron chi connectivity index (χ0n) is 15.1. The molecule has 0 aliphatic rings. The second-order valence-corrected chi connectivity index (χ2v) is 5.24. The van der Waals surface area contributed by atoms with Crippen molar-refractivity contribution in [3.05, 3.63) is 48.0 Å². The molecule has 2 aromatic carbocycles. The monoisotopic (exact) mass is 371 g/mol. The number of phenolic OH excluding ortho intramolecular Hbond substituents is 1. The Balaban J connectivity index is 1.96. The highest BCUT2D eigenvalue weighted by molar-refractivity contribution is 6.39. The number of rotatable bonds is 7. The van der Waals surface area contributed by atoms with Gasteiger partial charge in [0.15, 0.2) is 11.5 Å². The van der Waals surface area contributed by atoms with E-state index in [1.165, 1.54) is 12.3 Å². The SMILES string of the molecule is CCOc1cc(/C=N/NC(=O)C(=O)Nc2ccccc2OCC)ccc1O. The summed E-state index contributed by atoms with van der Waals surface area (Å²) in [5.74, 6) is -1.03. The number of nitrogens with zero attached hydrogens (tertiary/aromatic N) is 1. The Morgan fingerprint density at radius 3 is 2.48 bits per heavy atom. The highest BCUT2D eigenvalue weighted by Gasteiger charge is 2.15. The minimum Gasteiger partial charge on any atom is -0.504 e. The van der Waals surface area contributed by atoms with Crippen LogP contribution in [-0.4, -0.2) is 36.3 Å². The highest BCUT2D eigenvalue weighted by Crippen LogP contribution is 2.26. The number of aromatic hydroxyl groups is 1. The smallest absolute Gasteiger partial charge is 0.329 e. The van der Waals surface area contributed by atoms with Gasteiger partial charge in [-0.05, 0) is 49.7 Å². The maximum absolute atomic E-state index is 12.0. The molecule has 2 amide bonds. The van der Waals surface area contributed by atoms with Crippen LogP contribution in [0.4, 0.5) is 5.69 Å². The molecule has 0 bridgehead atoms. The van der Waals surface area contributed by atoms with Crippen molar-refractivity contribution in [3.63, 3.8) is 0 Å². The van der Waals surface area contributed by atoms with Crippen LogP contribution in [-0.2, 0) is 9.59 Å². The van der Waals surface area contributed by atoms with Crippen LogP contribution in [0.2, 0.25) is 0 Å². The molecule has 0 saturated heterocycles. The average molecular weight is 371 g/mol. The first-order chi connectivity index (χ1) is 13.0. The third-order valence-corrected chi connectivity index (χ3v) is 3.30. The lowest BCUT2D eigenvalue weighted by atomic mass is 10.2. The summed E-state index contributed by atoms with van der Waals surface area (Å²) in [4.78, 5) is 23.9. The molecule has 8 heteroatoms. The zero-order valence-corrected chi connectivity index (χ0v) is 15.1. The standard InChI is InChI=1S/C19H21N3O5/c1-3-26-16-8-6-5-7-14(16)21-18(24)19(25)22-20-12-13-9-10-15(23)17(11-13)27-4-2/h5-12,23H,3-4H2,1-2H3,(H,21,24)(H,22,25)/b20-12+. The molecule has 0 aliphatic carbocycles. The number of nitrogens with one attached hydrogen (secondary N) is 2. The molecular formula is C19H21N3O5. The van der Waals surface area contributed by atoms with E-state index in [2.05, 4.69) is 15.8 Å². The number of hydrogen-bond donors (Lipinski definition) is 3. The molecule has 0 unspecified atom stereocenters. The summed E-state index contributed by atoms with van der Waals surface area (Å²) in [7, 11) is 0. The number of hydrazone groups is 1. The molecular weight excluding hydrogens is 350 g/mol. The average Bonchev–Trinajstić information content (AvgIpc) is 2.66. The predicted octanol–water partition coefficient (Wildman–Crippen LogP) is 2.28. The van der Waals surface area contributed by atoms with E-state index in [9.17, 15) is 14.7 Å². The van der Waals surface area contributed by atoms with Gasteiger partial charge < -0.3 is 19.9 Å². The summed E-state index contributed by atoms with van der Waals surface area (Å²) in [6.45, 7) is 4.44. The van der Waals surface area contributed by atoms with Gasteiger partial charge in [-0.15, -0.1) is 0 Å². The van der Waals surface area contributed by atoms with Crippen LogP contribution in [0.25, 0.3) is 0 Å². The Morgan fingerprint density at radius 2 is 1.74 bits per heavy atom. The van der Waals surface area contributed by atoms with Crippen LogP contribution in [0.1, 0.15) is 19.4 Å². The van der Waals surface area contributed by atoms with Gasteiger partial charge in [0.25, 0.3) is 0 Å². The molecule has 3 N–H and O–H groups in total. The summed E-state index contributed by atoms with van der Waals surface area (Å²) in [6, 6.07) is 11.4. The van der Waals surface area contributed by atoms with Gasteiger partial charge in [-0.25, -0.2) is 5.43 Å². The molecule has 0 saturated carbocycles. The van der Waals surface area contributed by atoms with Crippen LogP contribution in [0, 0.1) is 0 Å². The fourth-order valence-corrected chi connectivity index (χ4v) is 2.13. The lowest BCUT2D eigenvalue weighted by Gasteiger charge is -2.10. The van der Waals surface area contributed by atoms with Gasteiger partial charge >= 0.3 is 11.8 Å². The number of phenols is 1. The fraction of sp³-hybridized carbons (Fsp3) is 0.211. The lowest BCUT2D eigenvalue weighted by Crippen LogP contribution is -2.32. The number of ether oxygens (including phenoxy) is 2. The molecule has 0 spiro atoms. The summed E-state index contributed by atoms with van der Waals surface area (Å²) in [5, 5.41) is 15.9. The topological polar surface area (TPSA) is 109 Å². The Kier molecular flexibility index (Phi) is 7.18. The first kappa shape index (κ1) is 19.8. The fourth-order valence-electron chi connectivity index (χ4n) is 2.13. The first-order valence-electron chi connectivity index (χ1n) is 8.37. The third kappa shape index (κ3) is 5.74. The highest BCUT2D eigenvalue weighted by atomic mass is 16.5. The second kappa shape index (κ2) is 9.81. The van der Waals surface area contributed by atoms with Gasteiger partial charge in [-0.3, -0.25) is 9.59 Å². The number of carbonyl (C=O) groups excluding carboxylic acids is 2. The van der Waals surface area contributed by atoms with Gasteiger partial charge in [0.1, 0.15) is 5.75 Å². The number of benzene rings is 2. The van der Waals surface area contributed by atoms with Crippen molar-refractivity contribution in [2.24, 2.45) is 5.10 Å². The van der Waals surface area contributed by atoms with Gasteiger partial charge in [0.2, 0.25) is 0 Å². The van der Waals surface area contributed by atoms with Crippen LogP contribution in [0.15, 0.2) is 47.6 Å². The molecule has 0 heterocycles. The second-order valence-electron chi connectivity index (χ2n) is 5.24. The lowest BCUT2D eigenvalue weighted by molar-refractivity contribution is -0.136. The Morgan fingerprint density at radius 1 is 1.04 bits per heavy atom. The van der Waals surface area contributed by atoms with Crippen molar-refractivity contribution >= 4 is 23.7 Å². The summed E-state index contributed by atoms with van der Waals surface area (Å²) in [5.41, 5.74) is 3.12. The van der Waals surface area contributed by atoms with Crippen LogP contribution >= 0.6 is 0 Å². The van der Waals surface area contributed by atoms with Crippen LogP contribution in [0.5, 0.6) is 17.2 Å². The summed E-state index contributed by atoms with van der Waals surface area (Å²) in [6.07, 6.45) is 1.33. The van der Waals surface area contributed by atoms with E-state index < -0.39 is 11.8 Å². The number of carbonyl (C=O) groups is 2. The van der Waals surface area contributed by atoms with Crippen molar-refractivity contribution in [2.75, 3.05) is 18.5 Å². The number of hydrogen-bond acceptors (Lipinski definition) is 6. The van der Waals surface area contributed by atoms with Crippen molar-refractivity contribution in [2.45, 2.75) is 13.8 Å². The van der Waals surface area contributed by atoms with E-state index in [1.54, 1.807) is 43.3 Å². The van der Waals surface area contributed by atoms with Gasteiger partial charge in [0, 0.05) is 0 Å². The zero-order chi connectivity index (χ0) is 19.6. The Bertz CT molecular complexity index is 836. The molecule has 0 atom stereocenters. The number of amides is 2. The maximum atomic E-state index is 12.0. The molecule has 2 aromatic rings. The number of para-hydroxylation sites is 2. The normalized spacial score (nSPS) is 10.4. The van der Waals surface area contributed by atoms with E-state index >= 15 is 0 Å². The minimum absolute atomic E-state index is 0.00498.